The molecule has 0 radical (unpaired) electrons. The van der Waals surface area contributed by atoms with Crippen molar-refractivity contribution in [1.29, 1.82) is 0 Å². The van der Waals surface area contributed by atoms with Gasteiger partial charge in [0.05, 0.1) is 5.69 Å². The van der Waals surface area contributed by atoms with Crippen LogP contribution in [0.2, 0.25) is 0 Å². The smallest absolute Gasteiger partial charge is 0.419 e. The Balaban J connectivity index is 2.46. The lowest BCUT2D eigenvalue weighted by atomic mass is 10.1. The molecule has 0 amide bonds. The fraction of sp³-hybridized carbons (Fsp3) is 0.267. The van der Waals surface area contributed by atoms with Crippen LogP contribution < -0.4 is 0 Å². The van der Waals surface area contributed by atoms with Gasteiger partial charge in [-0.1, -0.05) is 12.1 Å². The van der Waals surface area contributed by atoms with Crippen LogP contribution in [0.5, 0.6) is 0 Å². The largest absolute Gasteiger partial charge is 0.443 e. The third-order valence-corrected chi connectivity index (χ3v) is 3.12. The normalized spacial score (nSPS) is 11.4. The number of halogens is 2. The number of rotatable bonds is 1. The molecule has 0 aliphatic carbocycles. The van der Waals surface area contributed by atoms with Gasteiger partial charge in [-0.2, -0.15) is 0 Å². The fourth-order valence-electron chi connectivity index (χ4n) is 1.77. The molecule has 2 rings (SSSR count). The van der Waals surface area contributed by atoms with Crippen LogP contribution in [-0.2, 0) is 4.74 Å². The molecular formula is C15H15FINO2. The Kier molecular flexibility index (Phi) is 4.17. The van der Waals surface area contributed by atoms with Crippen LogP contribution in [0.3, 0.4) is 0 Å². The Labute approximate surface area is 130 Å². The van der Waals surface area contributed by atoms with Crippen molar-refractivity contribution in [3.63, 3.8) is 0 Å². The molecule has 1 aromatic carbocycles. The number of ether oxygens (including phenoxy) is 1. The van der Waals surface area contributed by atoms with Crippen molar-refractivity contribution < 1.29 is 13.9 Å². The van der Waals surface area contributed by atoms with Gasteiger partial charge in [-0.05, 0) is 61.6 Å². The van der Waals surface area contributed by atoms with Gasteiger partial charge in [0.15, 0.2) is 0 Å². The van der Waals surface area contributed by atoms with Gasteiger partial charge in [0, 0.05) is 15.3 Å². The van der Waals surface area contributed by atoms with Gasteiger partial charge >= 0.3 is 6.09 Å². The van der Waals surface area contributed by atoms with Gasteiger partial charge in [0.25, 0.3) is 0 Å². The molecule has 0 N–H and O–H groups in total. The van der Waals surface area contributed by atoms with Crippen LogP contribution >= 0.6 is 22.6 Å². The van der Waals surface area contributed by atoms with Gasteiger partial charge in [0.2, 0.25) is 0 Å². The molecule has 3 nitrogen and oxygen atoms in total. The summed E-state index contributed by atoms with van der Waals surface area (Å²) in [6.45, 7) is 5.38. The second-order valence-corrected chi connectivity index (χ2v) is 6.62. The van der Waals surface area contributed by atoms with Crippen molar-refractivity contribution in [3.8, 4) is 11.3 Å². The lowest BCUT2D eigenvalue weighted by Crippen LogP contribution is -2.27. The molecule has 2 aromatic rings. The summed E-state index contributed by atoms with van der Waals surface area (Å²) in [5.74, 6) is -0.369. The van der Waals surface area contributed by atoms with E-state index in [9.17, 15) is 9.18 Å². The van der Waals surface area contributed by atoms with Gasteiger partial charge in [-0.3, -0.25) is 4.57 Å². The first-order valence-electron chi connectivity index (χ1n) is 6.14. The highest BCUT2D eigenvalue weighted by molar-refractivity contribution is 14.1. The van der Waals surface area contributed by atoms with Crippen LogP contribution in [0.4, 0.5) is 9.18 Å². The monoisotopic (exact) mass is 387 g/mol. The first kappa shape index (κ1) is 15.0. The zero-order valence-corrected chi connectivity index (χ0v) is 13.6. The molecule has 5 heteroatoms. The average Bonchev–Trinajstić information content (AvgIpc) is 2.69. The summed E-state index contributed by atoms with van der Waals surface area (Å²) >= 11 is 2.08. The van der Waals surface area contributed by atoms with Crippen molar-refractivity contribution in [1.82, 2.24) is 4.57 Å². The number of aromatic nitrogens is 1. The summed E-state index contributed by atoms with van der Waals surface area (Å²) in [6, 6.07) is 8.11. The first-order chi connectivity index (χ1) is 9.28. The zero-order valence-electron chi connectivity index (χ0n) is 11.5. The summed E-state index contributed by atoms with van der Waals surface area (Å²) in [4.78, 5) is 12.2. The molecule has 0 aliphatic heterocycles. The maximum Gasteiger partial charge on any atom is 0.419 e. The molecule has 20 heavy (non-hydrogen) atoms. The average molecular weight is 387 g/mol. The SMILES string of the molecule is CC(C)(C)OC(=O)n1cc(I)cc1-c1ccccc1F. The van der Waals surface area contributed by atoms with E-state index in [0.29, 0.717) is 11.3 Å². The molecule has 0 bridgehead atoms. The summed E-state index contributed by atoms with van der Waals surface area (Å²) in [7, 11) is 0. The van der Waals surface area contributed by atoms with E-state index in [4.69, 9.17) is 4.74 Å². The molecule has 0 spiro atoms. The van der Waals surface area contributed by atoms with E-state index in [2.05, 4.69) is 22.6 Å². The molecule has 0 unspecified atom stereocenters. The highest BCUT2D eigenvalue weighted by Crippen LogP contribution is 2.26. The second kappa shape index (κ2) is 5.55. The van der Waals surface area contributed by atoms with Gasteiger partial charge < -0.3 is 4.74 Å². The Morgan fingerprint density at radius 3 is 2.55 bits per heavy atom. The Morgan fingerprint density at radius 1 is 1.30 bits per heavy atom. The third-order valence-electron chi connectivity index (χ3n) is 2.53. The van der Waals surface area contributed by atoms with Crippen LogP contribution in [0.25, 0.3) is 11.3 Å². The zero-order chi connectivity index (χ0) is 14.9. The quantitative estimate of drug-likeness (QED) is 0.666. The van der Waals surface area contributed by atoms with Gasteiger partial charge in [0.1, 0.15) is 11.4 Å². The lowest BCUT2D eigenvalue weighted by molar-refractivity contribution is 0.0540. The van der Waals surface area contributed by atoms with E-state index >= 15 is 0 Å². The van der Waals surface area contributed by atoms with Crippen molar-refractivity contribution >= 4 is 28.7 Å². The third kappa shape index (κ3) is 3.39. The number of hydrogen-bond acceptors (Lipinski definition) is 2. The standard InChI is InChI=1S/C15H15FINO2/c1-15(2,3)20-14(19)18-9-10(17)8-13(18)11-6-4-5-7-12(11)16/h4-9H,1-3H3. The van der Waals surface area contributed by atoms with E-state index in [1.54, 1.807) is 51.2 Å². The minimum atomic E-state index is -0.598. The molecule has 106 valence electrons. The van der Waals surface area contributed by atoms with Crippen LogP contribution in [-0.4, -0.2) is 16.3 Å². The van der Waals surface area contributed by atoms with Crippen molar-refractivity contribution in [2.24, 2.45) is 0 Å². The minimum Gasteiger partial charge on any atom is -0.443 e. The minimum absolute atomic E-state index is 0.369. The topological polar surface area (TPSA) is 31.2 Å². The van der Waals surface area contributed by atoms with Crippen LogP contribution in [0, 0.1) is 9.39 Å². The molecule has 1 aromatic heterocycles. The molecule has 0 saturated carbocycles. The maximum atomic E-state index is 13.9. The predicted octanol–water partition coefficient (Wildman–Crippen LogP) is 4.68. The van der Waals surface area contributed by atoms with Crippen molar-refractivity contribution in [2.75, 3.05) is 0 Å². The number of carbonyl (C=O) groups is 1. The van der Waals surface area contributed by atoms with E-state index in [-0.39, 0.29) is 5.82 Å². The summed E-state index contributed by atoms with van der Waals surface area (Å²) in [5, 5.41) is 0. The Bertz CT molecular complexity index is 644. The molecule has 0 aliphatic rings. The lowest BCUT2D eigenvalue weighted by Gasteiger charge is -2.20. The molecule has 1 heterocycles. The summed E-state index contributed by atoms with van der Waals surface area (Å²) < 4.78 is 21.4. The first-order valence-corrected chi connectivity index (χ1v) is 7.22. The number of benzene rings is 1. The number of hydrogen-bond donors (Lipinski definition) is 0. The molecular weight excluding hydrogens is 372 g/mol. The molecule has 0 atom stereocenters. The van der Waals surface area contributed by atoms with Gasteiger partial charge in [-0.15, -0.1) is 0 Å². The van der Waals surface area contributed by atoms with E-state index in [1.165, 1.54) is 10.6 Å². The highest BCUT2D eigenvalue weighted by atomic mass is 127. The van der Waals surface area contributed by atoms with E-state index in [1.807, 2.05) is 0 Å². The maximum absolute atomic E-state index is 13.9. The highest BCUT2D eigenvalue weighted by Gasteiger charge is 2.21. The van der Waals surface area contributed by atoms with E-state index in [0.717, 1.165) is 3.57 Å². The number of nitrogens with zero attached hydrogens (tertiary/aromatic N) is 1. The second-order valence-electron chi connectivity index (χ2n) is 5.37. The summed E-state index contributed by atoms with van der Waals surface area (Å²) in [5.41, 5.74) is 0.266. The van der Waals surface area contributed by atoms with E-state index < -0.39 is 11.7 Å². The fourth-order valence-corrected chi connectivity index (χ4v) is 2.34. The van der Waals surface area contributed by atoms with Crippen LogP contribution in [0.15, 0.2) is 36.5 Å². The summed E-state index contributed by atoms with van der Waals surface area (Å²) in [6.07, 6.45) is 1.12. The predicted molar refractivity (Wildman–Crippen MR) is 84.2 cm³/mol. The molecule has 0 fully saturated rings. The van der Waals surface area contributed by atoms with Crippen LogP contribution in [0.1, 0.15) is 20.8 Å². The van der Waals surface area contributed by atoms with Gasteiger partial charge in [-0.25, -0.2) is 9.18 Å². The van der Waals surface area contributed by atoms with Crippen molar-refractivity contribution in [3.05, 3.63) is 45.9 Å². The van der Waals surface area contributed by atoms with Crippen molar-refractivity contribution in [2.45, 2.75) is 26.4 Å². The molecule has 0 saturated heterocycles. The Morgan fingerprint density at radius 2 is 1.95 bits per heavy atom. The Hall–Kier alpha value is -1.37. The number of carbonyl (C=O) groups excluding carboxylic acids is 1.